The van der Waals surface area contributed by atoms with Crippen LogP contribution < -0.4 is 10.1 Å². The fraction of sp³-hybridized carbons (Fsp3) is 0.368. The number of hydrogen-bond donors (Lipinski definition) is 2. The van der Waals surface area contributed by atoms with Crippen LogP contribution in [-0.2, 0) is 6.42 Å². The molecule has 0 bridgehead atoms. The van der Waals surface area contributed by atoms with E-state index in [0.717, 1.165) is 22.8 Å². The fourth-order valence-electron chi connectivity index (χ4n) is 2.28. The smallest absolute Gasteiger partial charge is 0.119 e. The lowest BCUT2D eigenvalue weighted by Crippen LogP contribution is -2.33. The molecule has 132 valence electrons. The molecule has 0 saturated carbocycles. The maximum atomic E-state index is 10.0. The monoisotopic (exact) mass is 369 g/mol. The van der Waals surface area contributed by atoms with Crippen LogP contribution in [0, 0.1) is 0 Å². The Hall–Kier alpha value is -1.26. The summed E-state index contributed by atoms with van der Waals surface area (Å²) in [6, 6.07) is 15.8. The van der Waals surface area contributed by atoms with Crippen LogP contribution in [0.5, 0.6) is 5.75 Å². The lowest BCUT2D eigenvalue weighted by Gasteiger charge is -2.18. The first-order chi connectivity index (χ1) is 11.1. The Morgan fingerprint density at radius 2 is 1.88 bits per heavy atom. The molecule has 0 aliphatic heterocycles. The summed E-state index contributed by atoms with van der Waals surface area (Å²) < 4.78 is 5.61. The highest BCUT2D eigenvalue weighted by Crippen LogP contribution is 2.17. The molecule has 2 aromatic carbocycles. The summed E-state index contributed by atoms with van der Waals surface area (Å²) in [7, 11) is 0. The summed E-state index contributed by atoms with van der Waals surface area (Å²) in [5, 5.41) is 14.1. The number of aliphatic hydroxyl groups is 1. The quantitative estimate of drug-likeness (QED) is 0.723. The summed E-state index contributed by atoms with van der Waals surface area (Å²) in [4.78, 5) is 0. The van der Waals surface area contributed by atoms with Crippen molar-refractivity contribution in [2.75, 3.05) is 13.2 Å². The predicted octanol–water partition coefficient (Wildman–Crippen LogP) is 4.41. The van der Waals surface area contributed by atoms with E-state index < -0.39 is 6.10 Å². The number of ether oxygens (including phenoxy) is 1. The molecule has 2 rings (SSSR count). The van der Waals surface area contributed by atoms with Crippen LogP contribution in [0.1, 0.15) is 31.0 Å². The molecule has 0 fully saturated rings. The van der Waals surface area contributed by atoms with E-state index in [9.17, 15) is 5.11 Å². The van der Waals surface area contributed by atoms with E-state index in [2.05, 4.69) is 12.2 Å². The standard InChI is InChI=1S/C19H24ClNO2.ClH/c1-3-15-7-9-19(10-8-15)23-13-18(22)12-21-14(2)16-5-4-6-17(20)11-16;/h4-11,14,18,21-22H,3,12-13H2,1-2H3;1H. The van der Waals surface area contributed by atoms with Gasteiger partial charge in [-0.15, -0.1) is 12.4 Å². The zero-order valence-corrected chi connectivity index (χ0v) is 15.6. The van der Waals surface area contributed by atoms with Crippen molar-refractivity contribution < 1.29 is 9.84 Å². The van der Waals surface area contributed by atoms with Crippen LogP contribution in [0.2, 0.25) is 5.02 Å². The molecule has 0 aliphatic carbocycles. The Labute approximate surface area is 155 Å². The zero-order chi connectivity index (χ0) is 16.7. The topological polar surface area (TPSA) is 41.5 Å². The van der Waals surface area contributed by atoms with Crippen LogP contribution in [0.4, 0.5) is 0 Å². The molecule has 0 spiro atoms. The molecule has 24 heavy (non-hydrogen) atoms. The second-order valence-corrected chi connectivity index (χ2v) is 6.08. The molecule has 2 N–H and O–H groups in total. The van der Waals surface area contributed by atoms with E-state index in [1.807, 2.05) is 55.5 Å². The summed E-state index contributed by atoms with van der Waals surface area (Å²) >= 11 is 5.99. The minimum absolute atomic E-state index is 0. The van der Waals surface area contributed by atoms with Crippen molar-refractivity contribution in [3.63, 3.8) is 0 Å². The van der Waals surface area contributed by atoms with Crippen LogP contribution in [-0.4, -0.2) is 24.4 Å². The van der Waals surface area contributed by atoms with Gasteiger partial charge < -0.3 is 15.2 Å². The zero-order valence-electron chi connectivity index (χ0n) is 14.0. The average molecular weight is 370 g/mol. The lowest BCUT2D eigenvalue weighted by molar-refractivity contribution is 0.104. The Bertz CT molecular complexity index is 605. The van der Waals surface area contributed by atoms with Crippen LogP contribution >= 0.6 is 24.0 Å². The molecular formula is C19H25Cl2NO2. The van der Waals surface area contributed by atoms with Gasteiger partial charge in [-0.1, -0.05) is 42.8 Å². The number of rotatable bonds is 8. The molecule has 0 aliphatic rings. The molecule has 2 atom stereocenters. The first-order valence-electron chi connectivity index (χ1n) is 7.97. The van der Waals surface area contributed by atoms with Gasteiger partial charge in [0.25, 0.3) is 0 Å². The maximum absolute atomic E-state index is 10.0. The van der Waals surface area contributed by atoms with E-state index in [1.165, 1.54) is 5.56 Å². The van der Waals surface area contributed by atoms with Gasteiger partial charge in [0, 0.05) is 17.6 Å². The Balaban J connectivity index is 0.00000288. The number of halogens is 2. The number of aliphatic hydroxyl groups excluding tert-OH is 1. The minimum atomic E-state index is -0.567. The number of benzene rings is 2. The van der Waals surface area contributed by atoms with Gasteiger partial charge in [0.05, 0.1) is 0 Å². The van der Waals surface area contributed by atoms with Gasteiger partial charge >= 0.3 is 0 Å². The normalized spacial score (nSPS) is 13.0. The van der Waals surface area contributed by atoms with Gasteiger partial charge in [0.2, 0.25) is 0 Å². The van der Waals surface area contributed by atoms with Crippen molar-refractivity contribution in [2.24, 2.45) is 0 Å². The lowest BCUT2D eigenvalue weighted by atomic mass is 10.1. The van der Waals surface area contributed by atoms with E-state index in [-0.39, 0.29) is 25.1 Å². The van der Waals surface area contributed by atoms with Gasteiger partial charge in [0.1, 0.15) is 18.5 Å². The number of aryl methyl sites for hydroxylation is 1. The largest absolute Gasteiger partial charge is 0.491 e. The van der Waals surface area contributed by atoms with Gasteiger partial charge in [-0.25, -0.2) is 0 Å². The van der Waals surface area contributed by atoms with Crippen LogP contribution in [0.15, 0.2) is 48.5 Å². The van der Waals surface area contributed by atoms with Crippen molar-refractivity contribution >= 4 is 24.0 Å². The minimum Gasteiger partial charge on any atom is -0.491 e. The molecule has 0 heterocycles. The number of hydrogen-bond acceptors (Lipinski definition) is 3. The second kappa shape index (κ2) is 10.6. The fourth-order valence-corrected chi connectivity index (χ4v) is 2.48. The van der Waals surface area contributed by atoms with E-state index in [1.54, 1.807) is 0 Å². The molecule has 0 aromatic heterocycles. The third-order valence-corrected chi connectivity index (χ3v) is 4.02. The van der Waals surface area contributed by atoms with E-state index in [4.69, 9.17) is 16.3 Å². The highest BCUT2D eigenvalue weighted by Gasteiger charge is 2.10. The van der Waals surface area contributed by atoms with Crippen molar-refractivity contribution in [3.05, 3.63) is 64.7 Å². The van der Waals surface area contributed by atoms with Crippen LogP contribution in [0.25, 0.3) is 0 Å². The average Bonchev–Trinajstić information content (AvgIpc) is 2.58. The van der Waals surface area contributed by atoms with Crippen molar-refractivity contribution in [1.29, 1.82) is 0 Å². The summed E-state index contributed by atoms with van der Waals surface area (Å²) in [5.74, 6) is 0.782. The predicted molar refractivity (Wildman–Crippen MR) is 102 cm³/mol. The van der Waals surface area contributed by atoms with Gasteiger partial charge in [0.15, 0.2) is 0 Å². The van der Waals surface area contributed by atoms with Crippen molar-refractivity contribution in [3.8, 4) is 5.75 Å². The Kier molecular flexibility index (Phi) is 9.16. The van der Waals surface area contributed by atoms with Crippen LogP contribution in [0.3, 0.4) is 0 Å². The molecule has 0 radical (unpaired) electrons. The van der Waals surface area contributed by atoms with Crippen molar-refractivity contribution in [2.45, 2.75) is 32.4 Å². The summed E-state index contributed by atoms with van der Waals surface area (Å²) in [6.07, 6.45) is 0.441. The van der Waals surface area contributed by atoms with Gasteiger partial charge in [-0.2, -0.15) is 0 Å². The van der Waals surface area contributed by atoms with Gasteiger partial charge in [-0.3, -0.25) is 0 Å². The van der Waals surface area contributed by atoms with E-state index >= 15 is 0 Å². The molecular weight excluding hydrogens is 345 g/mol. The maximum Gasteiger partial charge on any atom is 0.119 e. The molecule has 0 amide bonds. The SMILES string of the molecule is CCc1ccc(OCC(O)CNC(C)c2cccc(Cl)c2)cc1.Cl. The number of nitrogens with one attached hydrogen (secondary N) is 1. The summed E-state index contributed by atoms with van der Waals surface area (Å²) in [6.45, 7) is 4.89. The molecule has 0 saturated heterocycles. The van der Waals surface area contributed by atoms with Crippen molar-refractivity contribution in [1.82, 2.24) is 5.32 Å². The molecule has 2 unspecified atom stereocenters. The summed E-state index contributed by atoms with van der Waals surface area (Å²) in [5.41, 5.74) is 2.37. The van der Waals surface area contributed by atoms with Gasteiger partial charge in [-0.05, 0) is 48.7 Å². The third-order valence-electron chi connectivity index (χ3n) is 3.78. The first-order valence-corrected chi connectivity index (χ1v) is 8.35. The molecule has 5 heteroatoms. The van der Waals surface area contributed by atoms with E-state index in [0.29, 0.717) is 6.54 Å². The second-order valence-electron chi connectivity index (χ2n) is 5.65. The third kappa shape index (κ3) is 6.70. The molecule has 3 nitrogen and oxygen atoms in total. The highest BCUT2D eigenvalue weighted by atomic mass is 35.5. The Morgan fingerprint density at radius 3 is 2.50 bits per heavy atom. The Morgan fingerprint density at radius 1 is 1.17 bits per heavy atom. The first kappa shape index (κ1) is 20.8. The molecule has 2 aromatic rings. The highest BCUT2D eigenvalue weighted by molar-refractivity contribution is 6.30.